The number of Topliss-reactive ketones (excluding diaryl/α,β-unsaturated/α-hetero) is 2. The molecule has 0 radical (unpaired) electrons. The number of aromatic nitrogens is 2. The van der Waals surface area contributed by atoms with Crippen LogP contribution in [-0.2, 0) is 31.0 Å². The number of carbonyl (C=O) groups is 4. The van der Waals surface area contributed by atoms with Gasteiger partial charge in [-0.3, -0.25) is 33.7 Å². The lowest BCUT2D eigenvalue weighted by Crippen LogP contribution is -2.58. The number of hydrogen-bond acceptors (Lipinski definition) is 10. The Hall–Kier alpha value is -4.26. The molecule has 3 aromatic rings. The minimum absolute atomic E-state index is 0.0182. The number of para-hydroxylation sites is 1. The van der Waals surface area contributed by atoms with Crippen molar-refractivity contribution in [3.63, 3.8) is 0 Å². The van der Waals surface area contributed by atoms with Gasteiger partial charge in [-0.15, -0.1) is 0 Å². The van der Waals surface area contributed by atoms with Crippen molar-refractivity contribution in [1.82, 2.24) is 24.5 Å². The number of carbonyl (C=O) groups excluding carboxylic acids is 4. The second-order valence-electron chi connectivity index (χ2n) is 16.9. The van der Waals surface area contributed by atoms with Crippen molar-refractivity contribution in [2.24, 2.45) is 7.05 Å². The largest absolute Gasteiger partial charge is 0.378 e. The number of benzene rings is 2. The van der Waals surface area contributed by atoms with Gasteiger partial charge in [0.15, 0.2) is 5.11 Å². The predicted octanol–water partition coefficient (Wildman–Crippen LogP) is 5.97. The smallest absolute Gasteiger partial charge is 0.258 e. The van der Waals surface area contributed by atoms with E-state index in [0.717, 1.165) is 62.6 Å². The molecule has 0 spiro atoms. The van der Waals surface area contributed by atoms with Crippen molar-refractivity contribution >= 4 is 74.6 Å². The van der Waals surface area contributed by atoms with Gasteiger partial charge in [0, 0.05) is 63.2 Å². The fraction of sp³-hybridized carbons (Fsp3) is 0.558. The van der Waals surface area contributed by atoms with Crippen LogP contribution in [0.15, 0.2) is 36.4 Å². The van der Waals surface area contributed by atoms with E-state index in [2.05, 4.69) is 45.0 Å². The number of rotatable bonds is 11. The van der Waals surface area contributed by atoms with Crippen LogP contribution in [0.1, 0.15) is 96.2 Å². The van der Waals surface area contributed by atoms with E-state index in [9.17, 15) is 24.4 Å². The Morgan fingerprint density at radius 2 is 1.79 bits per heavy atom. The molecular weight excluding hydrogens is 776 g/mol. The molecule has 4 fully saturated rings. The number of piperazine rings is 1. The summed E-state index contributed by atoms with van der Waals surface area (Å²) in [6.07, 6.45) is 5.41. The van der Waals surface area contributed by atoms with Crippen LogP contribution in [0.25, 0.3) is 10.9 Å². The minimum atomic E-state index is -0.806. The summed E-state index contributed by atoms with van der Waals surface area (Å²) in [6, 6.07) is 13.2. The van der Waals surface area contributed by atoms with E-state index >= 15 is 0 Å². The molecule has 2 saturated carbocycles. The first-order valence-electron chi connectivity index (χ1n) is 20.4. The van der Waals surface area contributed by atoms with Gasteiger partial charge in [-0.2, -0.15) is 10.4 Å². The Morgan fingerprint density at radius 1 is 1.07 bits per heavy atom. The molecule has 308 valence electrons. The van der Waals surface area contributed by atoms with Crippen LogP contribution < -0.4 is 10.2 Å². The van der Waals surface area contributed by atoms with Crippen LogP contribution in [0.3, 0.4) is 0 Å². The van der Waals surface area contributed by atoms with E-state index in [1.165, 1.54) is 0 Å². The number of fused-ring (bicyclic) bond motifs is 1. The lowest BCUT2D eigenvalue weighted by Gasteiger charge is -2.44. The summed E-state index contributed by atoms with van der Waals surface area (Å²) >= 11 is 12.2. The van der Waals surface area contributed by atoms with Gasteiger partial charge < -0.3 is 19.9 Å². The lowest BCUT2D eigenvalue weighted by atomic mass is 9.84. The van der Waals surface area contributed by atoms with E-state index in [0.29, 0.717) is 52.2 Å². The van der Waals surface area contributed by atoms with Gasteiger partial charge in [-0.1, -0.05) is 23.7 Å². The highest BCUT2D eigenvalue weighted by Gasteiger charge is 2.52. The van der Waals surface area contributed by atoms with E-state index in [4.69, 9.17) is 28.6 Å². The summed E-state index contributed by atoms with van der Waals surface area (Å²) in [4.78, 5) is 60.0. The number of halogens is 1. The summed E-state index contributed by atoms with van der Waals surface area (Å²) in [7, 11) is 1.82. The summed E-state index contributed by atoms with van der Waals surface area (Å²) in [5.74, 6) is -0.715. The van der Waals surface area contributed by atoms with Crippen LogP contribution in [-0.4, -0.2) is 116 Å². The Balaban J connectivity index is 0.853. The third-order valence-electron chi connectivity index (χ3n) is 12.5. The van der Waals surface area contributed by atoms with Crippen molar-refractivity contribution in [1.29, 1.82) is 5.26 Å². The third-order valence-corrected chi connectivity index (χ3v) is 13.2. The predicted molar refractivity (Wildman–Crippen MR) is 227 cm³/mol. The fourth-order valence-electron chi connectivity index (χ4n) is 9.59. The Bertz CT molecular complexity index is 2150. The number of hydrogen-bond donors (Lipinski definition) is 1. The van der Waals surface area contributed by atoms with Crippen LogP contribution in [0.2, 0.25) is 5.02 Å². The van der Waals surface area contributed by atoms with Gasteiger partial charge in [0.05, 0.1) is 58.2 Å². The highest BCUT2D eigenvalue weighted by Crippen LogP contribution is 2.39. The molecule has 1 aromatic heterocycles. The van der Waals surface area contributed by atoms with E-state index in [1.807, 2.05) is 39.1 Å². The molecular formula is C43H53ClN8O5S. The van der Waals surface area contributed by atoms with E-state index in [-0.39, 0.29) is 60.6 Å². The zero-order chi connectivity index (χ0) is 41.5. The average molecular weight is 829 g/mol. The summed E-state index contributed by atoms with van der Waals surface area (Å²) < 4.78 is 8.11. The third kappa shape index (κ3) is 8.29. The van der Waals surface area contributed by atoms with Gasteiger partial charge >= 0.3 is 0 Å². The zero-order valence-corrected chi connectivity index (χ0v) is 35.6. The topological polar surface area (TPSA) is 144 Å². The molecule has 2 amide bonds. The molecule has 2 aliphatic heterocycles. The molecule has 7 rings (SSSR count). The number of anilines is 2. The molecule has 2 aliphatic carbocycles. The van der Waals surface area contributed by atoms with Gasteiger partial charge in [0.25, 0.3) is 5.91 Å². The molecule has 0 bridgehead atoms. The van der Waals surface area contributed by atoms with E-state index < -0.39 is 11.5 Å². The number of nitrogens with zero attached hydrogens (tertiary/aromatic N) is 7. The SMILES string of the molecule is C[C@@H]1CN(CCCOC2CCC(N3C(=S)N(c4ccc(C#N)c(Cl)c4)C(=O)C3(C)C)CC2)C[C@H](C)N1CC(=O)Nc1cccc2c(C3CCC(=O)CC3=O)nn(C)c12. The van der Waals surface area contributed by atoms with Gasteiger partial charge in [-0.05, 0) is 103 Å². The van der Waals surface area contributed by atoms with E-state index in [1.54, 1.807) is 27.8 Å². The Labute approximate surface area is 350 Å². The Kier molecular flexibility index (Phi) is 12.4. The second kappa shape index (κ2) is 17.1. The van der Waals surface area contributed by atoms with Crippen molar-refractivity contribution in [3.8, 4) is 6.07 Å². The fourth-order valence-corrected chi connectivity index (χ4v) is 10.4. The molecule has 13 nitrogen and oxygen atoms in total. The van der Waals surface area contributed by atoms with Crippen LogP contribution in [0, 0.1) is 11.3 Å². The minimum Gasteiger partial charge on any atom is -0.378 e. The quantitative estimate of drug-likeness (QED) is 0.139. The molecule has 2 saturated heterocycles. The molecule has 2 aromatic carbocycles. The molecule has 15 heteroatoms. The summed E-state index contributed by atoms with van der Waals surface area (Å²) in [5.41, 5.74) is 2.22. The summed E-state index contributed by atoms with van der Waals surface area (Å²) in [6.45, 7) is 11.8. The zero-order valence-electron chi connectivity index (χ0n) is 34.0. The molecule has 4 aliphatic rings. The lowest BCUT2D eigenvalue weighted by molar-refractivity contribution is -0.130. The van der Waals surface area contributed by atoms with Crippen LogP contribution in [0.5, 0.6) is 0 Å². The monoisotopic (exact) mass is 828 g/mol. The molecule has 3 heterocycles. The number of aryl methyl sites for hydroxylation is 1. The maximum absolute atomic E-state index is 13.6. The van der Waals surface area contributed by atoms with Gasteiger partial charge in [-0.25, -0.2) is 0 Å². The molecule has 1 unspecified atom stereocenters. The number of ether oxygens (including phenoxy) is 1. The first-order valence-corrected chi connectivity index (χ1v) is 21.2. The number of nitrogens with one attached hydrogen (secondary N) is 1. The highest BCUT2D eigenvalue weighted by atomic mass is 35.5. The first-order chi connectivity index (χ1) is 27.7. The average Bonchev–Trinajstić information content (AvgIpc) is 3.60. The maximum atomic E-state index is 13.6. The number of nitriles is 1. The highest BCUT2D eigenvalue weighted by molar-refractivity contribution is 7.80. The normalized spacial score (nSPS) is 25.8. The number of amides is 2. The van der Waals surface area contributed by atoms with Crippen LogP contribution in [0.4, 0.5) is 11.4 Å². The molecule has 3 atom stereocenters. The second-order valence-corrected chi connectivity index (χ2v) is 17.7. The van der Waals surface area contributed by atoms with Crippen molar-refractivity contribution < 1.29 is 23.9 Å². The van der Waals surface area contributed by atoms with Crippen molar-refractivity contribution in [2.75, 3.05) is 43.0 Å². The first kappa shape index (κ1) is 41.9. The summed E-state index contributed by atoms with van der Waals surface area (Å²) in [5, 5.41) is 18.7. The Morgan fingerprint density at radius 3 is 2.47 bits per heavy atom. The molecule has 58 heavy (non-hydrogen) atoms. The molecule has 1 N–H and O–H groups in total. The number of ketones is 2. The van der Waals surface area contributed by atoms with Crippen molar-refractivity contribution in [2.45, 2.75) is 115 Å². The van der Waals surface area contributed by atoms with Gasteiger partial charge in [0.2, 0.25) is 5.91 Å². The number of thiocarbonyl (C=S) groups is 1. The van der Waals surface area contributed by atoms with Gasteiger partial charge in [0.1, 0.15) is 23.2 Å². The standard InChI is InChI=1S/C43H53ClN8O5S/c1-26-23-49(24-27(2)50(26)25-38(55)46-36-9-6-8-34-39(47-48(5)40(34)36)33-17-14-31(53)21-37(33)54)18-7-19-57-32-15-12-29(13-16-32)52-42(58)51(41(56)43(52,3)4)30-11-10-28(22-45)35(44)20-30/h6,8-11,20,26-27,29,32-33H,7,12-19,21,23-25H2,1-5H3,(H,46,55)/t26-,27+,29?,32?,33?. The van der Waals surface area contributed by atoms with Crippen LogP contribution >= 0.6 is 23.8 Å². The maximum Gasteiger partial charge on any atom is 0.258 e. The van der Waals surface area contributed by atoms with Crippen molar-refractivity contribution in [3.05, 3.63) is 52.7 Å².